The van der Waals surface area contributed by atoms with Crippen molar-refractivity contribution in [1.29, 1.82) is 0 Å². The quantitative estimate of drug-likeness (QED) is 0.446. The molecule has 0 aromatic heterocycles. The van der Waals surface area contributed by atoms with Gasteiger partial charge in [-0.1, -0.05) is 5.24 Å². The Labute approximate surface area is 111 Å². The smallest absolute Gasteiger partial charge is 0.203 e. The Kier molecular flexibility index (Phi) is 3.60. The molecule has 2 nitrogen and oxygen atoms in total. The normalized spacial score (nSPS) is 17.3. The summed E-state index contributed by atoms with van der Waals surface area (Å²) < 4.78 is 57.3. The summed E-state index contributed by atoms with van der Waals surface area (Å²) in [6.07, 6.45) is -0.708. The lowest BCUT2D eigenvalue weighted by atomic mass is 9.47. The zero-order valence-electron chi connectivity index (χ0n) is 9.67. The fourth-order valence-electron chi connectivity index (χ4n) is 1.65. The molecular weight excluding hydrogens is 259 g/mol. The number of benzene rings is 1. The van der Waals surface area contributed by atoms with Crippen molar-refractivity contribution < 1.29 is 22.3 Å². The van der Waals surface area contributed by atoms with Gasteiger partial charge < -0.3 is 9.64 Å². The molecule has 9 heteroatoms. The highest BCUT2D eigenvalue weighted by Gasteiger charge is 2.36. The Hall–Kier alpha value is -1.11. The Balaban J connectivity index is 2.10. The highest BCUT2D eigenvalue weighted by molar-refractivity contribution is 6.59. The molecule has 0 spiro atoms. The summed E-state index contributed by atoms with van der Waals surface area (Å²) >= 11 is 0. The predicted molar refractivity (Wildman–Crippen MR) is 62.3 cm³/mol. The topological polar surface area (TPSA) is 12.5 Å². The van der Waals surface area contributed by atoms with Crippen LogP contribution in [-0.4, -0.2) is 52.9 Å². The minimum Gasteiger partial charge on any atom is -0.481 e. The Morgan fingerprint density at radius 3 is 1.95 bits per heavy atom. The lowest BCUT2D eigenvalue weighted by molar-refractivity contribution is 0.0113. The van der Waals surface area contributed by atoms with Gasteiger partial charge in [0.25, 0.3) is 0 Å². The van der Waals surface area contributed by atoms with Crippen LogP contribution in [0.1, 0.15) is 0 Å². The average molecular weight is 265 g/mol. The first-order valence-electron chi connectivity index (χ1n) is 5.31. The molecule has 0 amide bonds. The van der Waals surface area contributed by atoms with E-state index >= 15 is 0 Å². The minimum absolute atomic E-state index is 0.0838. The highest BCUT2D eigenvalue weighted by Crippen LogP contribution is 2.29. The minimum atomic E-state index is -1.59. The molecule has 94 valence electrons. The molecule has 0 saturated carbocycles. The lowest BCUT2D eigenvalue weighted by Crippen LogP contribution is -2.65. The van der Waals surface area contributed by atoms with E-state index in [0.29, 0.717) is 0 Å². The Bertz CT molecular complexity index is 476. The van der Waals surface area contributed by atoms with Gasteiger partial charge in [-0.15, -0.1) is 0 Å². The van der Waals surface area contributed by atoms with E-state index < -0.39 is 40.4 Å². The summed E-state index contributed by atoms with van der Waals surface area (Å²) in [5.41, 5.74) is 0. The maximum atomic E-state index is 13.3. The van der Waals surface area contributed by atoms with E-state index in [4.69, 9.17) is 28.3 Å². The molecule has 1 aliphatic rings. The highest BCUT2D eigenvalue weighted by atomic mass is 19.2. The van der Waals surface area contributed by atoms with Crippen molar-refractivity contribution in [3.63, 3.8) is 0 Å². The molecule has 1 saturated heterocycles. The summed E-state index contributed by atoms with van der Waals surface area (Å²) in [4.78, 5) is 1.36. The SMILES string of the molecule is [B]C([B])([B])N1CC(Oc2c(F)c(F)cc(F)c2F)C1. The molecule has 1 aromatic carbocycles. The van der Waals surface area contributed by atoms with E-state index in [2.05, 4.69) is 0 Å². The summed E-state index contributed by atoms with van der Waals surface area (Å²) in [5.74, 6) is -7.33. The standard InChI is InChI=1S/C10H6B3F4NO/c11-10(12,13)18-2-4(3-18)19-9-7(16)5(14)1-6(15)8(9)17/h1,4H,2-3H2. The van der Waals surface area contributed by atoms with Gasteiger partial charge in [0, 0.05) is 19.2 Å². The van der Waals surface area contributed by atoms with Gasteiger partial charge in [0.1, 0.15) is 6.10 Å². The molecule has 0 bridgehead atoms. The van der Waals surface area contributed by atoms with Gasteiger partial charge in [0.2, 0.25) is 11.6 Å². The van der Waals surface area contributed by atoms with E-state index in [9.17, 15) is 17.6 Å². The van der Waals surface area contributed by atoms with Crippen molar-refractivity contribution >= 4 is 23.5 Å². The number of halogens is 4. The van der Waals surface area contributed by atoms with Gasteiger partial charge in [0.05, 0.1) is 23.5 Å². The molecule has 1 aliphatic heterocycles. The predicted octanol–water partition coefficient (Wildman–Crippen LogP) is 0.423. The molecule has 1 aromatic rings. The third-order valence-corrected chi connectivity index (χ3v) is 2.75. The lowest BCUT2D eigenvalue weighted by Gasteiger charge is -2.48. The zero-order chi connectivity index (χ0) is 14.4. The molecule has 19 heavy (non-hydrogen) atoms. The number of rotatable bonds is 3. The summed E-state index contributed by atoms with van der Waals surface area (Å²) in [6, 6.07) is 0.106. The van der Waals surface area contributed by atoms with Crippen molar-refractivity contribution in [2.75, 3.05) is 13.1 Å². The van der Waals surface area contributed by atoms with Crippen LogP contribution in [0, 0.1) is 23.3 Å². The second-order valence-electron chi connectivity index (χ2n) is 4.33. The molecular formula is C10H6B3F4NO. The van der Waals surface area contributed by atoms with Gasteiger partial charge in [-0.3, -0.25) is 0 Å². The van der Waals surface area contributed by atoms with E-state index in [1.807, 2.05) is 0 Å². The summed E-state index contributed by atoms with van der Waals surface area (Å²) in [5, 5.41) is -1.58. The Morgan fingerprint density at radius 1 is 1.05 bits per heavy atom. The van der Waals surface area contributed by atoms with E-state index in [1.165, 1.54) is 4.90 Å². The van der Waals surface area contributed by atoms with E-state index in [1.54, 1.807) is 0 Å². The van der Waals surface area contributed by atoms with Crippen LogP contribution in [0.2, 0.25) is 0 Å². The number of nitrogens with zero attached hydrogens (tertiary/aromatic N) is 1. The number of hydrogen-bond acceptors (Lipinski definition) is 2. The second kappa shape index (κ2) is 4.78. The molecule has 2 rings (SSSR count). The first kappa shape index (κ1) is 14.3. The number of hydrogen-bond donors (Lipinski definition) is 0. The third-order valence-electron chi connectivity index (χ3n) is 2.75. The molecule has 0 atom stereocenters. The fraction of sp³-hybridized carbons (Fsp3) is 0.400. The van der Waals surface area contributed by atoms with Crippen LogP contribution >= 0.6 is 0 Å². The van der Waals surface area contributed by atoms with Crippen LogP contribution < -0.4 is 4.74 Å². The van der Waals surface area contributed by atoms with Gasteiger partial charge in [0.15, 0.2) is 17.4 Å². The van der Waals surface area contributed by atoms with Crippen molar-refractivity contribution in [2.24, 2.45) is 0 Å². The van der Waals surface area contributed by atoms with Crippen LogP contribution in [0.3, 0.4) is 0 Å². The third kappa shape index (κ3) is 2.75. The van der Waals surface area contributed by atoms with E-state index in [0.717, 1.165) is 0 Å². The van der Waals surface area contributed by atoms with Crippen LogP contribution in [0.4, 0.5) is 17.6 Å². The molecule has 1 heterocycles. The van der Waals surface area contributed by atoms with Crippen molar-refractivity contribution in [3.05, 3.63) is 29.3 Å². The van der Waals surface area contributed by atoms with Crippen LogP contribution in [-0.2, 0) is 0 Å². The molecule has 0 unspecified atom stereocenters. The van der Waals surface area contributed by atoms with Crippen LogP contribution in [0.15, 0.2) is 6.07 Å². The summed E-state index contributed by atoms with van der Waals surface area (Å²) in [7, 11) is 16.1. The van der Waals surface area contributed by atoms with Crippen LogP contribution in [0.25, 0.3) is 0 Å². The molecule has 0 N–H and O–H groups in total. The molecule has 6 radical (unpaired) electrons. The van der Waals surface area contributed by atoms with Gasteiger partial charge in [-0.05, 0) is 0 Å². The number of likely N-dealkylation sites (tertiary alicyclic amines) is 1. The van der Waals surface area contributed by atoms with E-state index in [-0.39, 0.29) is 19.2 Å². The zero-order valence-corrected chi connectivity index (χ0v) is 9.67. The largest absolute Gasteiger partial charge is 0.481 e. The van der Waals surface area contributed by atoms with Crippen molar-refractivity contribution in [3.8, 4) is 5.75 Å². The Morgan fingerprint density at radius 2 is 1.53 bits per heavy atom. The average Bonchev–Trinajstić information content (AvgIpc) is 2.22. The van der Waals surface area contributed by atoms with Crippen LogP contribution in [0.5, 0.6) is 5.75 Å². The fourth-order valence-corrected chi connectivity index (χ4v) is 1.65. The van der Waals surface area contributed by atoms with Gasteiger partial charge in [-0.25, -0.2) is 8.78 Å². The monoisotopic (exact) mass is 265 g/mol. The molecule has 1 fully saturated rings. The van der Waals surface area contributed by atoms with Gasteiger partial charge in [-0.2, -0.15) is 8.78 Å². The van der Waals surface area contributed by atoms with Gasteiger partial charge >= 0.3 is 0 Å². The van der Waals surface area contributed by atoms with Crippen molar-refractivity contribution in [2.45, 2.75) is 11.3 Å². The number of ether oxygens (including phenoxy) is 1. The maximum Gasteiger partial charge on any atom is 0.203 e. The van der Waals surface area contributed by atoms with Crippen molar-refractivity contribution in [1.82, 2.24) is 4.90 Å². The first-order chi connectivity index (χ1) is 8.70. The second-order valence-corrected chi connectivity index (χ2v) is 4.33. The summed E-state index contributed by atoms with van der Waals surface area (Å²) in [6.45, 7) is 0.168. The first-order valence-corrected chi connectivity index (χ1v) is 5.31. The molecule has 0 aliphatic carbocycles. The maximum absolute atomic E-state index is 13.3.